The topological polar surface area (TPSA) is 134 Å². The van der Waals surface area contributed by atoms with Crippen LogP contribution in [-0.2, 0) is 16.2 Å². The molecule has 0 aromatic heterocycles. The molecule has 0 unspecified atom stereocenters. The Balaban J connectivity index is 1.32. The fraction of sp³-hybridized carbons (Fsp3) is 0.0769. The number of carbonyl (C=O) groups is 4. The smallest absolute Gasteiger partial charge is 0.335 e. The lowest BCUT2D eigenvalue weighted by Crippen LogP contribution is -2.54. The number of nitrogens with zero attached hydrogens (tertiary/aromatic N) is 1. The standard InChI is InChI=1S/C26H18N2O8/c29-23-20(24(30)28(26(33)27-23)18-6-9-21-22(12-18)36-14-35-21)11-15-4-7-19(8-5-15)34-13-16-2-1-3-17(10-16)25(31)32/h1-12H,13-14H2,(H,31,32)(H,27,29,33)/p-1/b20-11+. The molecule has 4 amide bonds. The number of amides is 4. The SMILES string of the molecule is O=C1NC(=O)N(c2ccc3c(c2)OCO3)C(=O)/C1=C/c1ccc(OCc2cccc(C(=O)[O-])c2)cc1. The summed E-state index contributed by atoms with van der Waals surface area (Å²) in [7, 11) is 0. The van der Waals surface area contributed by atoms with Crippen molar-refractivity contribution in [1.82, 2.24) is 5.32 Å². The monoisotopic (exact) mass is 485 g/mol. The van der Waals surface area contributed by atoms with Crippen molar-refractivity contribution in [1.29, 1.82) is 0 Å². The summed E-state index contributed by atoms with van der Waals surface area (Å²) in [5.74, 6) is -1.49. The quantitative estimate of drug-likeness (QED) is 0.414. The van der Waals surface area contributed by atoms with E-state index in [0.29, 0.717) is 28.4 Å². The number of carboxylic acids is 1. The van der Waals surface area contributed by atoms with E-state index in [1.807, 2.05) is 0 Å². The van der Waals surface area contributed by atoms with Crippen molar-refractivity contribution in [2.75, 3.05) is 11.7 Å². The molecular formula is C26H17N2O8-. The van der Waals surface area contributed by atoms with Crippen LogP contribution < -0.4 is 29.5 Å². The number of hydrogen-bond acceptors (Lipinski definition) is 8. The number of carbonyl (C=O) groups excluding carboxylic acids is 4. The number of fused-ring (bicyclic) bond motifs is 1. The highest BCUT2D eigenvalue weighted by atomic mass is 16.7. The Morgan fingerprint density at radius 2 is 1.78 bits per heavy atom. The number of nitrogens with one attached hydrogen (secondary N) is 1. The molecule has 10 nitrogen and oxygen atoms in total. The van der Waals surface area contributed by atoms with E-state index in [9.17, 15) is 24.3 Å². The lowest BCUT2D eigenvalue weighted by atomic mass is 10.1. The summed E-state index contributed by atoms with van der Waals surface area (Å²) in [6, 6.07) is 16.5. The van der Waals surface area contributed by atoms with E-state index in [2.05, 4.69) is 5.32 Å². The average Bonchev–Trinajstić information content (AvgIpc) is 3.34. The van der Waals surface area contributed by atoms with Gasteiger partial charge in [0.15, 0.2) is 11.5 Å². The molecule has 0 spiro atoms. The third-order valence-corrected chi connectivity index (χ3v) is 5.48. The van der Waals surface area contributed by atoms with Gasteiger partial charge in [-0.1, -0.05) is 30.3 Å². The van der Waals surface area contributed by atoms with Gasteiger partial charge < -0.3 is 24.1 Å². The fourth-order valence-corrected chi connectivity index (χ4v) is 3.70. The van der Waals surface area contributed by atoms with Gasteiger partial charge in [-0.05, 0) is 53.1 Å². The van der Waals surface area contributed by atoms with Gasteiger partial charge in [-0.25, -0.2) is 9.69 Å². The number of ether oxygens (including phenoxy) is 3. The maximum absolute atomic E-state index is 13.1. The van der Waals surface area contributed by atoms with Crippen molar-refractivity contribution in [2.24, 2.45) is 0 Å². The molecule has 2 aliphatic rings. The summed E-state index contributed by atoms with van der Waals surface area (Å²) in [5, 5.41) is 13.2. The van der Waals surface area contributed by atoms with Crippen LogP contribution in [-0.4, -0.2) is 30.6 Å². The third kappa shape index (κ3) is 4.47. The summed E-state index contributed by atoms with van der Waals surface area (Å²) in [6.07, 6.45) is 1.37. The largest absolute Gasteiger partial charge is 0.545 e. The van der Waals surface area contributed by atoms with Crippen molar-refractivity contribution >= 4 is 35.6 Å². The molecule has 0 bridgehead atoms. The lowest BCUT2D eigenvalue weighted by molar-refractivity contribution is -0.255. The van der Waals surface area contributed by atoms with Gasteiger partial charge in [-0.2, -0.15) is 0 Å². The Hall–Kier alpha value is -5.12. The lowest BCUT2D eigenvalue weighted by Gasteiger charge is -2.26. The van der Waals surface area contributed by atoms with E-state index in [1.165, 1.54) is 30.3 Å². The van der Waals surface area contributed by atoms with E-state index in [-0.39, 0.29) is 30.2 Å². The van der Waals surface area contributed by atoms with E-state index in [0.717, 1.165) is 4.90 Å². The summed E-state index contributed by atoms with van der Waals surface area (Å²) in [4.78, 5) is 49.8. The molecule has 180 valence electrons. The Morgan fingerprint density at radius 1 is 1.00 bits per heavy atom. The van der Waals surface area contributed by atoms with Crippen molar-refractivity contribution in [2.45, 2.75) is 6.61 Å². The molecule has 3 aromatic rings. The highest BCUT2D eigenvalue weighted by Crippen LogP contribution is 2.36. The number of aromatic carboxylic acids is 1. The second kappa shape index (κ2) is 9.26. The number of barbiturate groups is 1. The summed E-state index contributed by atoms with van der Waals surface area (Å²) >= 11 is 0. The number of urea groups is 1. The molecule has 1 fully saturated rings. The van der Waals surface area contributed by atoms with Gasteiger partial charge in [-0.15, -0.1) is 0 Å². The zero-order valence-corrected chi connectivity index (χ0v) is 18.6. The average molecular weight is 485 g/mol. The van der Waals surface area contributed by atoms with Crippen LogP contribution in [0.15, 0.2) is 72.3 Å². The molecule has 1 saturated heterocycles. The Labute approximate surface area is 204 Å². The Bertz CT molecular complexity index is 1430. The summed E-state index contributed by atoms with van der Waals surface area (Å²) in [5.41, 5.74) is 1.24. The first-order chi connectivity index (χ1) is 17.4. The van der Waals surface area contributed by atoms with E-state index in [4.69, 9.17) is 14.2 Å². The number of carboxylic acid groups (broad SMARTS) is 1. The van der Waals surface area contributed by atoms with E-state index in [1.54, 1.807) is 42.5 Å². The molecule has 3 aromatic carbocycles. The number of rotatable bonds is 6. The number of anilines is 1. The van der Waals surface area contributed by atoms with Gasteiger partial charge in [0.05, 0.1) is 11.7 Å². The van der Waals surface area contributed by atoms with Crippen molar-refractivity contribution in [3.05, 3.63) is 89.0 Å². The van der Waals surface area contributed by atoms with E-state index < -0.39 is 23.8 Å². The van der Waals surface area contributed by atoms with Crippen LogP contribution >= 0.6 is 0 Å². The van der Waals surface area contributed by atoms with Crippen LogP contribution in [0.1, 0.15) is 21.5 Å². The second-order valence-corrected chi connectivity index (χ2v) is 7.84. The molecule has 10 heteroatoms. The third-order valence-electron chi connectivity index (χ3n) is 5.48. The second-order valence-electron chi connectivity index (χ2n) is 7.84. The minimum absolute atomic E-state index is 0.0362. The predicted octanol–water partition coefficient (Wildman–Crippen LogP) is 2.02. The van der Waals surface area contributed by atoms with Gasteiger partial charge in [-0.3, -0.25) is 14.9 Å². The van der Waals surface area contributed by atoms with E-state index >= 15 is 0 Å². The predicted molar refractivity (Wildman–Crippen MR) is 123 cm³/mol. The zero-order valence-electron chi connectivity index (χ0n) is 18.6. The first-order valence-corrected chi connectivity index (χ1v) is 10.7. The summed E-state index contributed by atoms with van der Waals surface area (Å²) in [6.45, 7) is 0.170. The first kappa shape index (κ1) is 22.7. The molecule has 0 radical (unpaired) electrons. The molecule has 0 aliphatic carbocycles. The molecule has 0 saturated carbocycles. The molecular weight excluding hydrogens is 468 g/mol. The van der Waals surface area contributed by atoms with Gasteiger partial charge >= 0.3 is 6.03 Å². The minimum atomic E-state index is -1.27. The number of imide groups is 2. The fourth-order valence-electron chi connectivity index (χ4n) is 3.70. The van der Waals surface area contributed by atoms with Crippen LogP contribution in [0.3, 0.4) is 0 Å². The van der Waals surface area contributed by atoms with Gasteiger partial charge in [0.1, 0.15) is 17.9 Å². The molecule has 5 rings (SSSR count). The van der Waals surface area contributed by atoms with Gasteiger partial charge in [0.25, 0.3) is 11.8 Å². The van der Waals surface area contributed by atoms with Crippen molar-refractivity contribution in [3.63, 3.8) is 0 Å². The highest BCUT2D eigenvalue weighted by molar-refractivity contribution is 6.39. The molecule has 1 N–H and O–H groups in total. The van der Waals surface area contributed by atoms with Crippen LogP contribution in [0.5, 0.6) is 17.2 Å². The van der Waals surface area contributed by atoms with Gasteiger partial charge in [0.2, 0.25) is 6.79 Å². The van der Waals surface area contributed by atoms with Gasteiger partial charge in [0, 0.05) is 6.07 Å². The molecule has 36 heavy (non-hydrogen) atoms. The maximum Gasteiger partial charge on any atom is 0.335 e. The Kier molecular flexibility index (Phi) is 5.83. The first-order valence-electron chi connectivity index (χ1n) is 10.7. The van der Waals surface area contributed by atoms with Crippen LogP contribution in [0, 0.1) is 0 Å². The summed E-state index contributed by atoms with van der Waals surface area (Å²) < 4.78 is 16.2. The molecule has 2 heterocycles. The molecule has 0 atom stereocenters. The number of benzene rings is 3. The van der Waals surface area contributed by atoms with Crippen molar-refractivity contribution < 1.29 is 38.5 Å². The van der Waals surface area contributed by atoms with Crippen LogP contribution in [0.2, 0.25) is 0 Å². The minimum Gasteiger partial charge on any atom is -0.545 e. The zero-order chi connectivity index (χ0) is 25.2. The maximum atomic E-state index is 13.1. The highest BCUT2D eigenvalue weighted by Gasteiger charge is 2.37. The van der Waals surface area contributed by atoms with Crippen LogP contribution in [0.4, 0.5) is 10.5 Å². The number of hydrogen-bond donors (Lipinski definition) is 1. The normalized spacial score (nSPS) is 15.7. The van der Waals surface area contributed by atoms with Crippen molar-refractivity contribution in [3.8, 4) is 17.2 Å². The molecule has 2 aliphatic heterocycles. The Morgan fingerprint density at radius 3 is 2.56 bits per heavy atom. The van der Waals surface area contributed by atoms with Crippen LogP contribution in [0.25, 0.3) is 6.08 Å².